The molecule has 0 saturated carbocycles. The lowest BCUT2D eigenvalue weighted by atomic mass is 10.1. The van der Waals surface area contributed by atoms with E-state index in [0.29, 0.717) is 12.2 Å². The quantitative estimate of drug-likeness (QED) is 0.437. The third kappa shape index (κ3) is 5.22. The maximum atomic E-state index is 12.8. The topological polar surface area (TPSA) is 104 Å². The summed E-state index contributed by atoms with van der Waals surface area (Å²) in [6, 6.07) is 14.2. The molecule has 30 heavy (non-hydrogen) atoms. The smallest absolute Gasteiger partial charge is 0.195 e. The van der Waals surface area contributed by atoms with Crippen molar-refractivity contribution in [2.24, 2.45) is 0 Å². The predicted molar refractivity (Wildman–Crippen MR) is 114 cm³/mol. The molecular formula is C22H20N2O5S-2. The minimum atomic E-state index is -1.55. The Hall–Kier alpha value is -3.23. The third-order valence-electron chi connectivity index (χ3n) is 4.78. The average Bonchev–Trinajstić information content (AvgIpc) is 2.73. The molecule has 156 valence electrons. The SMILES string of the molecule is CN1CCN(c2ccc3sc4ccccc4c(=O)c3c2)CC1.O=C([O-])/C=C\C(=O)[O-]. The van der Waals surface area contributed by atoms with Crippen LogP contribution in [0.3, 0.4) is 0 Å². The number of carbonyl (C=O) groups is 2. The number of piperazine rings is 1. The molecule has 0 amide bonds. The monoisotopic (exact) mass is 424 g/mol. The van der Waals surface area contributed by atoms with Gasteiger partial charge in [0.1, 0.15) is 0 Å². The number of benzene rings is 2. The first-order valence-electron chi connectivity index (χ1n) is 9.34. The molecule has 1 aliphatic heterocycles. The molecule has 3 aromatic rings. The van der Waals surface area contributed by atoms with Gasteiger partial charge in [0.15, 0.2) is 5.43 Å². The van der Waals surface area contributed by atoms with Gasteiger partial charge in [-0.05, 0) is 49.5 Å². The van der Waals surface area contributed by atoms with Crippen molar-refractivity contribution in [2.75, 3.05) is 38.1 Å². The fourth-order valence-corrected chi connectivity index (χ4v) is 4.24. The zero-order chi connectivity index (χ0) is 21.7. The molecule has 0 radical (unpaired) electrons. The van der Waals surface area contributed by atoms with E-state index in [2.05, 4.69) is 35.0 Å². The summed E-state index contributed by atoms with van der Waals surface area (Å²) < 4.78 is 2.13. The van der Waals surface area contributed by atoms with Crippen molar-refractivity contribution < 1.29 is 19.8 Å². The van der Waals surface area contributed by atoms with Crippen LogP contribution >= 0.6 is 11.3 Å². The van der Waals surface area contributed by atoms with E-state index in [-0.39, 0.29) is 5.43 Å². The molecule has 1 saturated heterocycles. The molecule has 1 aromatic heterocycles. The highest BCUT2D eigenvalue weighted by molar-refractivity contribution is 7.24. The largest absolute Gasteiger partial charge is 0.545 e. The van der Waals surface area contributed by atoms with Crippen LogP contribution in [0.15, 0.2) is 59.4 Å². The second-order valence-electron chi connectivity index (χ2n) is 6.87. The van der Waals surface area contributed by atoms with Crippen LogP contribution in [0.1, 0.15) is 0 Å². The molecule has 0 spiro atoms. The number of hydrogen-bond acceptors (Lipinski definition) is 8. The van der Waals surface area contributed by atoms with Gasteiger partial charge in [0.2, 0.25) is 0 Å². The van der Waals surface area contributed by atoms with Gasteiger partial charge in [0, 0.05) is 52.0 Å². The summed E-state index contributed by atoms with van der Waals surface area (Å²) in [7, 11) is 2.15. The molecule has 1 aliphatic rings. The number of carbonyl (C=O) groups excluding carboxylic acids is 2. The van der Waals surface area contributed by atoms with Gasteiger partial charge >= 0.3 is 0 Å². The van der Waals surface area contributed by atoms with Gasteiger partial charge in [-0.25, -0.2) is 0 Å². The van der Waals surface area contributed by atoms with Crippen molar-refractivity contribution in [3.63, 3.8) is 0 Å². The minimum Gasteiger partial charge on any atom is -0.545 e. The maximum absolute atomic E-state index is 12.8. The van der Waals surface area contributed by atoms with Gasteiger partial charge in [-0.3, -0.25) is 4.79 Å². The van der Waals surface area contributed by atoms with Crippen molar-refractivity contribution in [3.05, 3.63) is 64.8 Å². The standard InChI is InChI=1S/C18H18N2OS.C4H4O4/c1-19-8-10-20(11-9-19)13-6-7-17-15(12-13)18(21)14-4-2-3-5-16(14)22-17;5-3(6)1-2-4(7)8/h2-7,12H,8-11H2,1H3;1-2H,(H,5,6)(H,7,8)/p-2/b;2-1-. The lowest BCUT2D eigenvalue weighted by Crippen LogP contribution is -2.44. The Labute approximate surface area is 177 Å². The molecule has 0 atom stereocenters. The van der Waals surface area contributed by atoms with Gasteiger partial charge in [-0.15, -0.1) is 11.3 Å². The molecule has 0 unspecified atom stereocenters. The summed E-state index contributed by atoms with van der Waals surface area (Å²) in [5, 5.41) is 20.5. The van der Waals surface area contributed by atoms with E-state index in [4.69, 9.17) is 0 Å². The summed E-state index contributed by atoms with van der Waals surface area (Å²) in [5.41, 5.74) is 1.32. The number of carboxylic acids is 2. The van der Waals surface area contributed by atoms with E-state index in [1.165, 1.54) is 5.69 Å². The minimum absolute atomic E-state index is 0.153. The van der Waals surface area contributed by atoms with Crippen LogP contribution in [0.25, 0.3) is 20.2 Å². The fourth-order valence-electron chi connectivity index (χ4n) is 3.19. The Morgan fingerprint density at radius 3 is 2.13 bits per heavy atom. The van der Waals surface area contributed by atoms with Crippen LogP contribution in [-0.4, -0.2) is 50.1 Å². The van der Waals surface area contributed by atoms with Crippen LogP contribution in [0.5, 0.6) is 0 Å². The second kappa shape index (κ2) is 9.51. The number of likely N-dealkylation sites (N-methyl/N-ethyl adjacent to an activating group) is 1. The highest BCUT2D eigenvalue weighted by Gasteiger charge is 2.15. The molecule has 1 fully saturated rings. The highest BCUT2D eigenvalue weighted by atomic mass is 32.1. The summed E-state index contributed by atoms with van der Waals surface area (Å²) in [6.07, 6.45) is 0.769. The first-order valence-corrected chi connectivity index (χ1v) is 10.2. The molecule has 0 bridgehead atoms. The summed E-state index contributed by atoms with van der Waals surface area (Å²) in [5.74, 6) is -3.09. The van der Waals surface area contributed by atoms with Gasteiger partial charge in [-0.1, -0.05) is 12.1 Å². The number of rotatable bonds is 3. The van der Waals surface area contributed by atoms with E-state index in [1.807, 2.05) is 24.3 Å². The zero-order valence-corrected chi connectivity index (χ0v) is 17.2. The van der Waals surface area contributed by atoms with Gasteiger partial charge in [0.05, 0.1) is 11.9 Å². The predicted octanol–water partition coefficient (Wildman–Crippen LogP) is 0.209. The first-order chi connectivity index (χ1) is 14.3. The van der Waals surface area contributed by atoms with E-state index >= 15 is 0 Å². The molecule has 7 nitrogen and oxygen atoms in total. The Bertz CT molecular complexity index is 1150. The van der Waals surface area contributed by atoms with Crippen LogP contribution < -0.4 is 20.5 Å². The van der Waals surface area contributed by atoms with E-state index < -0.39 is 11.9 Å². The third-order valence-corrected chi connectivity index (χ3v) is 5.94. The number of carboxylic acid groups (broad SMARTS) is 2. The molecule has 0 N–H and O–H groups in total. The molecule has 4 rings (SSSR count). The van der Waals surface area contributed by atoms with E-state index in [1.54, 1.807) is 11.3 Å². The summed E-state index contributed by atoms with van der Waals surface area (Å²) >= 11 is 1.69. The van der Waals surface area contributed by atoms with Gasteiger partial charge < -0.3 is 29.6 Å². The zero-order valence-electron chi connectivity index (χ0n) is 16.4. The van der Waals surface area contributed by atoms with Crippen molar-refractivity contribution in [3.8, 4) is 0 Å². The van der Waals surface area contributed by atoms with Crippen LogP contribution in [0, 0.1) is 0 Å². The average molecular weight is 424 g/mol. The Morgan fingerprint density at radius 2 is 1.50 bits per heavy atom. The van der Waals surface area contributed by atoms with Crippen LogP contribution in [-0.2, 0) is 9.59 Å². The number of aliphatic carboxylic acids is 2. The lowest BCUT2D eigenvalue weighted by Gasteiger charge is -2.34. The number of fused-ring (bicyclic) bond motifs is 2. The number of anilines is 1. The van der Waals surface area contributed by atoms with E-state index in [9.17, 15) is 24.6 Å². The highest BCUT2D eigenvalue weighted by Crippen LogP contribution is 2.28. The Morgan fingerprint density at radius 1 is 0.900 bits per heavy atom. The van der Waals surface area contributed by atoms with Crippen LogP contribution in [0.2, 0.25) is 0 Å². The van der Waals surface area contributed by atoms with E-state index in [0.717, 1.165) is 46.4 Å². The molecule has 0 aliphatic carbocycles. The Kier molecular flexibility index (Phi) is 6.81. The molecule has 2 heterocycles. The summed E-state index contributed by atoms with van der Waals surface area (Å²) in [6.45, 7) is 4.19. The first kappa shape index (κ1) is 21.5. The molecule has 2 aromatic carbocycles. The van der Waals surface area contributed by atoms with Gasteiger partial charge in [-0.2, -0.15) is 0 Å². The second-order valence-corrected chi connectivity index (χ2v) is 7.95. The van der Waals surface area contributed by atoms with Crippen molar-refractivity contribution in [1.29, 1.82) is 0 Å². The van der Waals surface area contributed by atoms with Crippen LogP contribution in [0.4, 0.5) is 5.69 Å². The lowest BCUT2D eigenvalue weighted by molar-refractivity contribution is -0.301. The molecule has 8 heteroatoms. The van der Waals surface area contributed by atoms with Crippen molar-refractivity contribution in [1.82, 2.24) is 4.90 Å². The fraction of sp³-hybridized carbons (Fsp3) is 0.227. The molecular weight excluding hydrogens is 404 g/mol. The maximum Gasteiger partial charge on any atom is 0.195 e. The van der Waals surface area contributed by atoms with Crippen molar-refractivity contribution >= 4 is 49.1 Å². The van der Waals surface area contributed by atoms with Gasteiger partial charge in [0.25, 0.3) is 0 Å². The number of nitrogens with zero attached hydrogens (tertiary/aromatic N) is 2. The summed E-state index contributed by atoms with van der Waals surface area (Å²) in [4.78, 5) is 36.3. The van der Waals surface area contributed by atoms with Crippen molar-refractivity contribution in [2.45, 2.75) is 0 Å². The Balaban J connectivity index is 0.000000275. The normalized spacial score (nSPS) is 14.6. The number of hydrogen-bond donors (Lipinski definition) is 0.